The monoisotopic (exact) mass is 467 g/mol. The fraction of sp³-hybridized carbons (Fsp3) is 0.667. The van der Waals surface area contributed by atoms with E-state index in [2.05, 4.69) is 5.38 Å². The summed E-state index contributed by atoms with van der Waals surface area (Å²) in [6, 6.07) is 0. The van der Waals surface area contributed by atoms with Gasteiger partial charge in [0.05, 0.1) is 10.7 Å². The minimum atomic E-state index is -0.442. The summed E-state index contributed by atoms with van der Waals surface area (Å²) in [5.74, 6) is 1.19. The molecule has 0 aliphatic carbocycles. The summed E-state index contributed by atoms with van der Waals surface area (Å²) in [5.41, 5.74) is 0.605. The van der Waals surface area contributed by atoms with Crippen molar-refractivity contribution in [3.05, 3.63) is 16.1 Å². The Balaban J connectivity index is 1.84. The molecule has 0 radical (unpaired) electrons. The second-order valence-corrected chi connectivity index (χ2v) is 10.2. The van der Waals surface area contributed by atoms with Crippen LogP contribution in [-0.2, 0) is 10.5 Å². The number of carbonyl (C=O) groups is 1. The van der Waals surface area contributed by atoms with Crippen molar-refractivity contribution < 1.29 is 9.53 Å². The van der Waals surface area contributed by atoms with Crippen LogP contribution < -0.4 is 0 Å². The van der Waals surface area contributed by atoms with Crippen LogP contribution in [0.25, 0.3) is 0 Å². The second kappa shape index (κ2) is 8.15. The van der Waals surface area contributed by atoms with Crippen molar-refractivity contribution in [2.45, 2.75) is 50.9 Å². The Bertz CT molecular complexity index is 563. The van der Waals surface area contributed by atoms with E-state index in [0.717, 1.165) is 42.4 Å². The molecule has 1 amide bonds. The predicted molar refractivity (Wildman–Crippen MR) is 105 cm³/mol. The Kier molecular flexibility index (Phi) is 6.73. The number of piperidine rings is 1. The molecule has 0 bridgehead atoms. The molecule has 1 N–H and O–H groups in total. The summed E-state index contributed by atoms with van der Waals surface area (Å²) < 4.78 is 6.01. The van der Waals surface area contributed by atoms with Crippen molar-refractivity contribution in [3.63, 3.8) is 0 Å². The summed E-state index contributed by atoms with van der Waals surface area (Å²) in [7, 11) is 0. The van der Waals surface area contributed by atoms with E-state index in [1.807, 2.05) is 43.4 Å². The topological polar surface area (TPSA) is 66.3 Å². The maximum atomic E-state index is 12.1. The fourth-order valence-electron chi connectivity index (χ4n) is 2.35. The first kappa shape index (κ1) is 19.0. The van der Waals surface area contributed by atoms with E-state index in [4.69, 9.17) is 15.1 Å². The number of carbonyl (C=O) groups excluding carboxylic acids is 1. The molecule has 5 nitrogen and oxygen atoms in total. The lowest BCUT2D eigenvalue weighted by Gasteiger charge is -2.32. The minimum absolute atomic E-state index is 0.215. The van der Waals surface area contributed by atoms with Crippen LogP contribution >= 0.6 is 45.7 Å². The molecule has 0 aromatic carbocycles. The molecule has 1 aromatic rings. The molecule has 2 rings (SSSR count). The number of aromatic nitrogens is 1. The summed E-state index contributed by atoms with van der Waals surface area (Å²) in [6.07, 6.45) is 1.65. The molecule has 0 saturated carbocycles. The van der Waals surface area contributed by atoms with Gasteiger partial charge in [0.2, 0.25) is 0 Å². The molecule has 8 heteroatoms. The lowest BCUT2D eigenvalue weighted by molar-refractivity contribution is 0.0205. The number of hydrogen-bond donors (Lipinski definition) is 1. The Morgan fingerprint density at radius 2 is 2.17 bits per heavy atom. The highest BCUT2D eigenvalue weighted by Gasteiger charge is 2.28. The Labute approximate surface area is 159 Å². The Morgan fingerprint density at radius 3 is 2.74 bits per heavy atom. The van der Waals surface area contributed by atoms with E-state index in [1.165, 1.54) is 11.8 Å². The lowest BCUT2D eigenvalue weighted by atomic mass is 9.98. The number of nitrogens with one attached hydrogen (secondary N) is 1. The van der Waals surface area contributed by atoms with Gasteiger partial charge in [0.1, 0.15) is 8.65 Å². The second-order valence-electron chi connectivity index (χ2n) is 6.48. The van der Waals surface area contributed by atoms with Crippen LogP contribution in [-0.4, -0.2) is 37.7 Å². The summed E-state index contributed by atoms with van der Waals surface area (Å²) in [6.45, 7) is 7.12. The zero-order chi connectivity index (χ0) is 17.0. The van der Waals surface area contributed by atoms with Crippen LogP contribution in [0, 0.1) is 5.41 Å². The molecular formula is C15H22IN3O2S2. The first-order valence-electron chi connectivity index (χ1n) is 7.53. The smallest absolute Gasteiger partial charge is 0.410 e. The number of likely N-dealkylation sites (tertiary alicyclic amines) is 1. The molecular weight excluding hydrogens is 445 g/mol. The Morgan fingerprint density at radius 1 is 1.52 bits per heavy atom. The van der Waals surface area contributed by atoms with Crippen LogP contribution in [0.2, 0.25) is 0 Å². The summed E-state index contributed by atoms with van der Waals surface area (Å²) >= 11 is 5.20. The highest BCUT2D eigenvalue weighted by Crippen LogP contribution is 2.31. The van der Waals surface area contributed by atoms with Gasteiger partial charge in [-0.2, -0.15) is 0 Å². The number of hydrogen-bond acceptors (Lipinski definition) is 6. The fourth-order valence-corrected chi connectivity index (χ4v) is 4.34. The third-order valence-electron chi connectivity index (χ3n) is 3.41. The van der Waals surface area contributed by atoms with E-state index in [-0.39, 0.29) is 6.09 Å². The van der Waals surface area contributed by atoms with Crippen molar-refractivity contribution in [2.75, 3.05) is 13.1 Å². The zero-order valence-corrected chi connectivity index (χ0v) is 17.4. The first-order chi connectivity index (χ1) is 10.7. The summed E-state index contributed by atoms with van der Waals surface area (Å²) in [5, 5.41) is 10.7. The SMILES string of the molecule is CC(C)(C)OC(=O)N1CCC(c2nc(CSC(=N)I)cs2)CC1. The Hall–Kier alpha value is -0.350. The first-order valence-corrected chi connectivity index (χ1v) is 10.5. The van der Waals surface area contributed by atoms with Crippen LogP contribution in [0.15, 0.2) is 5.38 Å². The van der Waals surface area contributed by atoms with Gasteiger partial charge in [-0.15, -0.1) is 11.3 Å². The molecule has 1 aromatic heterocycles. The number of rotatable bonds is 3. The van der Waals surface area contributed by atoms with Crippen LogP contribution in [0.1, 0.15) is 50.2 Å². The highest BCUT2D eigenvalue weighted by atomic mass is 127. The van der Waals surface area contributed by atoms with E-state index < -0.39 is 5.60 Å². The van der Waals surface area contributed by atoms with Crippen molar-refractivity contribution >= 4 is 54.8 Å². The maximum absolute atomic E-state index is 12.1. The van der Waals surface area contributed by atoms with E-state index >= 15 is 0 Å². The molecule has 0 atom stereocenters. The number of ether oxygens (including phenoxy) is 1. The average molecular weight is 467 g/mol. The molecule has 128 valence electrons. The van der Waals surface area contributed by atoms with Gasteiger partial charge in [-0.25, -0.2) is 9.78 Å². The van der Waals surface area contributed by atoms with Crippen molar-refractivity contribution in [2.24, 2.45) is 0 Å². The van der Waals surface area contributed by atoms with Crippen molar-refractivity contribution in [3.8, 4) is 0 Å². The lowest BCUT2D eigenvalue weighted by Crippen LogP contribution is -2.41. The van der Waals surface area contributed by atoms with Gasteiger partial charge in [-0.3, -0.25) is 5.41 Å². The van der Waals surface area contributed by atoms with Crippen molar-refractivity contribution in [1.29, 1.82) is 5.41 Å². The van der Waals surface area contributed by atoms with E-state index in [1.54, 1.807) is 16.2 Å². The number of halogens is 1. The molecule has 1 saturated heterocycles. The zero-order valence-electron chi connectivity index (χ0n) is 13.6. The molecule has 2 heterocycles. The normalized spacial score (nSPS) is 16.4. The average Bonchev–Trinajstić information content (AvgIpc) is 2.92. The van der Waals surface area contributed by atoms with Crippen LogP contribution in [0.3, 0.4) is 0 Å². The van der Waals surface area contributed by atoms with Gasteiger partial charge < -0.3 is 9.64 Å². The molecule has 1 fully saturated rings. The van der Waals surface area contributed by atoms with E-state index in [0.29, 0.717) is 8.97 Å². The summed E-state index contributed by atoms with van der Waals surface area (Å²) in [4.78, 5) is 18.6. The van der Waals surface area contributed by atoms with Gasteiger partial charge in [-0.05, 0) is 56.2 Å². The number of amides is 1. The standard InChI is InChI=1S/C15H22IN3O2S2/c1-15(2,3)21-14(20)19-6-4-10(5-7-19)12-18-11(8-22-12)9-23-13(16)17/h8,10,17H,4-7,9H2,1-3H3. The highest BCUT2D eigenvalue weighted by molar-refractivity contribution is 14.1. The van der Waals surface area contributed by atoms with Gasteiger partial charge in [-0.1, -0.05) is 11.8 Å². The molecule has 0 unspecified atom stereocenters. The largest absolute Gasteiger partial charge is 0.444 e. The van der Waals surface area contributed by atoms with Crippen LogP contribution in [0.4, 0.5) is 4.79 Å². The number of thiazole rings is 1. The quantitative estimate of drug-likeness (QED) is 0.392. The van der Waals surface area contributed by atoms with E-state index in [9.17, 15) is 4.79 Å². The van der Waals surface area contributed by atoms with Crippen molar-refractivity contribution in [1.82, 2.24) is 9.88 Å². The predicted octanol–water partition coefficient (Wildman–Crippen LogP) is 4.86. The third kappa shape index (κ3) is 6.22. The number of thioether (sulfide) groups is 1. The third-order valence-corrected chi connectivity index (χ3v) is 6.10. The molecule has 23 heavy (non-hydrogen) atoms. The molecule has 0 spiro atoms. The van der Waals surface area contributed by atoms with Gasteiger partial charge in [0.15, 0.2) is 0 Å². The van der Waals surface area contributed by atoms with Gasteiger partial charge in [0.25, 0.3) is 0 Å². The molecule has 1 aliphatic rings. The molecule has 1 aliphatic heterocycles. The van der Waals surface area contributed by atoms with Crippen LogP contribution in [0.5, 0.6) is 0 Å². The van der Waals surface area contributed by atoms with Gasteiger partial charge >= 0.3 is 6.09 Å². The minimum Gasteiger partial charge on any atom is -0.444 e. The van der Waals surface area contributed by atoms with Gasteiger partial charge in [0, 0.05) is 30.1 Å². The maximum Gasteiger partial charge on any atom is 0.410 e. The number of nitrogens with zero attached hydrogens (tertiary/aromatic N) is 2.